The van der Waals surface area contributed by atoms with Gasteiger partial charge in [-0.2, -0.15) is 0 Å². The molecular formula is C13H20O3. The summed E-state index contributed by atoms with van der Waals surface area (Å²) < 4.78 is 5.18. The first kappa shape index (κ1) is 12.9. The average molecular weight is 224 g/mol. The third-order valence-electron chi connectivity index (χ3n) is 3.31. The van der Waals surface area contributed by atoms with Crippen LogP contribution < -0.4 is 0 Å². The Bertz CT molecular complexity index is 306. The standard InChI is InChI=1S/C13H20O3/c1-4-5-9-16-12(15)13(11(3)14)8-6-7-10(13)2/h2,4-9H2,1,3H3. The zero-order valence-electron chi connectivity index (χ0n) is 10.2. The SMILES string of the molecule is C=C1CCCC1(C(C)=O)C(=O)OCCCC. The molecule has 0 aromatic heterocycles. The Kier molecular flexibility index (Phi) is 4.27. The highest BCUT2D eigenvalue weighted by Gasteiger charge is 2.49. The Balaban J connectivity index is 2.74. The van der Waals surface area contributed by atoms with Crippen LogP contribution in [0.2, 0.25) is 0 Å². The van der Waals surface area contributed by atoms with Gasteiger partial charge < -0.3 is 4.74 Å². The number of ether oxygens (including phenoxy) is 1. The number of carbonyl (C=O) groups excluding carboxylic acids is 2. The number of Topliss-reactive ketones (excluding diaryl/α,β-unsaturated/α-hetero) is 1. The number of carbonyl (C=O) groups is 2. The smallest absolute Gasteiger partial charge is 0.323 e. The summed E-state index contributed by atoms with van der Waals surface area (Å²) in [7, 11) is 0. The number of hydrogen-bond donors (Lipinski definition) is 0. The van der Waals surface area contributed by atoms with Crippen LogP contribution in [0.5, 0.6) is 0 Å². The molecule has 1 saturated carbocycles. The summed E-state index contributed by atoms with van der Waals surface area (Å²) >= 11 is 0. The second-order valence-corrected chi connectivity index (χ2v) is 4.41. The summed E-state index contributed by atoms with van der Waals surface area (Å²) in [4.78, 5) is 23.7. The van der Waals surface area contributed by atoms with Crippen LogP contribution in [-0.2, 0) is 14.3 Å². The van der Waals surface area contributed by atoms with E-state index in [1.807, 2.05) is 6.92 Å². The lowest BCUT2D eigenvalue weighted by Gasteiger charge is -2.25. The second-order valence-electron chi connectivity index (χ2n) is 4.41. The van der Waals surface area contributed by atoms with Crippen LogP contribution in [0, 0.1) is 5.41 Å². The molecule has 0 aromatic carbocycles. The van der Waals surface area contributed by atoms with Gasteiger partial charge in [0.2, 0.25) is 0 Å². The average Bonchev–Trinajstić information content (AvgIpc) is 2.61. The number of ketones is 1. The minimum atomic E-state index is -1.03. The maximum Gasteiger partial charge on any atom is 0.323 e. The summed E-state index contributed by atoms with van der Waals surface area (Å²) in [6.07, 6.45) is 3.98. The molecule has 1 aliphatic rings. The van der Waals surface area contributed by atoms with Crippen molar-refractivity contribution in [1.29, 1.82) is 0 Å². The van der Waals surface area contributed by atoms with Gasteiger partial charge in [0.25, 0.3) is 0 Å². The van der Waals surface area contributed by atoms with E-state index in [-0.39, 0.29) is 5.78 Å². The fraction of sp³-hybridized carbons (Fsp3) is 0.692. The van der Waals surface area contributed by atoms with Gasteiger partial charge in [-0.25, -0.2) is 0 Å². The molecule has 0 spiro atoms. The summed E-state index contributed by atoms with van der Waals surface area (Å²) in [5, 5.41) is 0. The molecule has 0 radical (unpaired) electrons. The lowest BCUT2D eigenvalue weighted by atomic mass is 9.79. The largest absolute Gasteiger partial charge is 0.465 e. The molecule has 90 valence electrons. The molecule has 0 heterocycles. The van der Waals surface area contributed by atoms with Crippen molar-refractivity contribution in [1.82, 2.24) is 0 Å². The van der Waals surface area contributed by atoms with Crippen LogP contribution in [0.25, 0.3) is 0 Å². The van der Waals surface area contributed by atoms with Crippen LogP contribution >= 0.6 is 0 Å². The van der Waals surface area contributed by atoms with Gasteiger partial charge in [0, 0.05) is 0 Å². The van der Waals surface area contributed by atoms with E-state index in [0.29, 0.717) is 13.0 Å². The normalized spacial score (nSPS) is 24.5. The third kappa shape index (κ3) is 2.18. The van der Waals surface area contributed by atoms with Gasteiger partial charge in [-0.3, -0.25) is 9.59 Å². The van der Waals surface area contributed by atoms with E-state index in [9.17, 15) is 9.59 Å². The Labute approximate surface area is 96.9 Å². The van der Waals surface area contributed by atoms with E-state index >= 15 is 0 Å². The molecule has 0 amide bonds. The molecule has 1 atom stereocenters. The zero-order valence-corrected chi connectivity index (χ0v) is 10.2. The van der Waals surface area contributed by atoms with Gasteiger partial charge in [-0.15, -0.1) is 0 Å². The van der Waals surface area contributed by atoms with E-state index in [2.05, 4.69) is 6.58 Å². The van der Waals surface area contributed by atoms with Crippen molar-refractivity contribution in [2.75, 3.05) is 6.61 Å². The quantitative estimate of drug-likeness (QED) is 0.312. The van der Waals surface area contributed by atoms with Crippen molar-refractivity contribution < 1.29 is 14.3 Å². The summed E-state index contributed by atoms with van der Waals surface area (Å²) in [6.45, 7) is 7.74. The van der Waals surface area contributed by atoms with Gasteiger partial charge in [0.1, 0.15) is 5.41 Å². The Morgan fingerprint density at radius 2 is 2.19 bits per heavy atom. The van der Waals surface area contributed by atoms with Gasteiger partial charge in [0.15, 0.2) is 5.78 Å². The first-order valence-corrected chi connectivity index (χ1v) is 5.92. The van der Waals surface area contributed by atoms with Crippen LogP contribution in [0.1, 0.15) is 46.0 Å². The Hall–Kier alpha value is -1.12. The Morgan fingerprint density at radius 1 is 1.50 bits per heavy atom. The van der Waals surface area contributed by atoms with Crippen molar-refractivity contribution in [3.63, 3.8) is 0 Å². The van der Waals surface area contributed by atoms with Crippen molar-refractivity contribution in [2.45, 2.75) is 46.0 Å². The molecule has 0 bridgehead atoms. The molecule has 3 nitrogen and oxygen atoms in total. The van der Waals surface area contributed by atoms with E-state index in [1.165, 1.54) is 6.92 Å². The summed E-state index contributed by atoms with van der Waals surface area (Å²) in [6, 6.07) is 0. The minimum absolute atomic E-state index is 0.128. The molecule has 3 heteroatoms. The molecule has 16 heavy (non-hydrogen) atoms. The van der Waals surface area contributed by atoms with E-state index in [0.717, 1.165) is 31.3 Å². The summed E-state index contributed by atoms with van der Waals surface area (Å²) in [5.74, 6) is -0.521. The highest BCUT2D eigenvalue weighted by molar-refractivity contribution is 6.06. The monoisotopic (exact) mass is 224 g/mol. The maximum atomic E-state index is 12.0. The van der Waals surface area contributed by atoms with Gasteiger partial charge in [-0.05, 0) is 32.6 Å². The van der Waals surface area contributed by atoms with E-state index in [1.54, 1.807) is 0 Å². The topological polar surface area (TPSA) is 43.4 Å². The van der Waals surface area contributed by atoms with Crippen LogP contribution in [0.4, 0.5) is 0 Å². The predicted molar refractivity (Wildman–Crippen MR) is 62.0 cm³/mol. The highest BCUT2D eigenvalue weighted by atomic mass is 16.5. The number of rotatable bonds is 5. The van der Waals surface area contributed by atoms with E-state index in [4.69, 9.17) is 4.74 Å². The molecule has 1 aliphatic carbocycles. The van der Waals surface area contributed by atoms with Crippen LogP contribution in [0.3, 0.4) is 0 Å². The van der Waals surface area contributed by atoms with Crippen molar-refractivity contribution in [3.05, 3.63) is 12.2 Å². The number of unbranched alkanes of at least 4 members (excludes halogenated alkanes) is 1. The fourth-order valence-corrected chi connectivity index (χ4v) is 2.20. The van der Waals surface area contributed by atoms with Gasteiger partial charge >= 0.3 is 5.97 Å². The maximum absolute atomic E-state index is 12.0. The predicted octanol–water partition coefficient (Wildman–Crippen LogP) is 2.65. The highest BCUT2D eigenvalue weighted by Crippen LogP contribution is 2.43. The zero-order chi connectivity index (χ0) is 12.2. The fourth-order valence-electron chi connectivity index (χ4n) is 2.20. The van der Waals surface area contributed by atoms with Crippen LogP contribution in [-0.4, -0.2) is 18.4 Å². The molecule has 1 fully saturated rings. The first-order chi connectivity index (χ1) is 7.55. The van der Waals surface area contributed by atoms with Crippen molar-refractivity contribution in [3.8, 4) is 0 Å². The molecule has 1 unspecified atom stereocenters. The summed E-state index contributed by atoms with van der Waals surface area (Å²) in [5.41, 5.74) is -0.310. The number of hydrogen-bond acceptors (Lipinski definition) is 3. The first-order valence-electron chi connectivity index (χ1n) is 5.92. The lowest BCUT2D eigenvalue weighted by molar-refractivity contribution is -0.157. The molecule has 0 aliphatic heterocycles. The van der Waals surface area contributed by atoms with Crippen molar-refractivity contribution in [2.24, 2.45) is 5.41 Å². The Morgan fingerprint density at radius 3 is 2.62 bits per heavy atom. The second kappa shape index (κ2) is 5.28. The number of esters is 1. The minimum Gasteiger partial charge on any atom is -0.465 e. The van der Waals surface area contributed by atoms with Gasteiger partial charge in [-0.1, -0.05) is 25.5 Å². The lowest BCUT2D eigenvalue weighted by Crippen LogP contribution is -2.38. The molecule has 1 rings (SSSR count). The van der Waals surface area contributed by atoms with Crippen LogP contribution in [0.15, 0.2) is 12.2 Å². The molecule has 0 saturated heterocycles. The molecule has 0 aromatic rings. The molecule has 0 N–H and O–H groups in total. The van der Waals surface area contributed by atoms with Gasteiger partial charge in [0.05, 0.1) is 6.61 Å². The molecular weight excluding hydrogens is 204 g/mol. The van der Waals surface area contributed by atoms with Crippen molar-refractivity contribution >= 4 is 11.8 Å². The van der Waals surface area contributed by atoms with E-state index < -0.39 is 11.4 Å². The third-order valence-corrected chi connectivity index (χ3v) is 3.31.